The number of aryl methyl sites for hydroxylation is 1. The standard InChI is InChI=1S/C28H26ClN5O2/c1-20-10-5-7-14-23(20)31-27(35)19-28(36)34-25(21-11-3-2-4-12-21)18-26(32-34)33(17-9-16-30)24-15-8-6-13-22(24)29/h2-8,10-15,25H,9,17-19H2,1H3,(H,31,35). The number of benzene rings is 3. The molecule has 1 N–H and O–H groups in total. The summed E-state index contributed by atoms with van der Waals surface area (Å²) in [5.74, 6) is -0.207. The number of nitrogens with zero attached hydrogens (tertiary/aromatic N) is 4. The van der Waals surface area contributed by atoms with Gasteiger partial charge in [0, 0.05) is 18.7 Å². The number of hydrazone groups is 1. The maximum absolute atomic E-state index is 13.4. The van der Waals surface area contributed by atoms with Crippen molar-refractivity contribution in [1.29, 1.82) is 5.26 Å². The van der Waals surface area contributed by atoms with Gasteiger partial charge in [0.2, 0.25) is 5.91 Å². The minimum absolute atomic E-state index is 0.257. The number of rotatable bonds is 7. The average Bonchev–Trinajstić information content (AvgIpc) is 3.33. The number of amidine groups is 1. The Labute approximate surface area is 215 Å². The normalized spacial score (nSPS) is 14.6. The van der Waals surface area contributed by atoms with E-state index in [1.807, 2.05) is 78.6 Å². The second-order valence-electron chi connectivity index (χ2n) is 8.44. The predicted octanol–water partition coefficient (Wildman–Crippen LogP) is 5.68. The molecule has 0 spiro atoms. The third-order valence-corrected chi connectivity index (χ3v) is 6.29. The van der Waals surface area contributed by atoms with Crippen LogP contribution in [-0.4, -0.2) is 29.2 Å². The number of carbonyl (C=O) groups is 2. The van der Waals surface area contributed by atoms with Gasteiger partial charge in [-0.1, -0.05) is 72.3 Å². The molecule has 1 unspecified atom stereocenters. The smallest absolute Gasteiger partial charge is 0.252 e. The first-order valence-corrected chi connectivity index (χ1v) is 12.0. The quantitative estimate of drug-likeness (QED) is 0.423. The van der Waals surface area contributed by atoms with Gasteiger partial charge in [-0.3, -0.25) is 9.59 Å². The van der Waals surface area contributed by atoms with Gasteiger partial charge in [-0.05, 0) is 36.2 Å². The van der Waals surface area contributed by atoms with Gasteiger partial charge in [-0.15, -0.1) is 0 Å². The molecule has 3 aromatic rings. The molecule has 1 aliphatic rings. The Morgan fingerprint density at radius 2 is 1.78 bits per heavy atom. The van der Waals surface area contributed by atoms with E-state index in [1.54, 1.807) is 12.1 Å². The summed E-state index contributed by atoms with van der Waals surface area (Å²) < 4.78 is 0. The third kappa shape index (κ3) is 5.73. The van der Waals surface area contributed by atoms with Crippen LogP contribution in [0.2, 0.25) is 5.02 Å². The highest BCUT2D eigenvalue weighted by molar-refractivity contribution is 6.34. The molecule has 36 heavy (non-hydrogen) atoms. The largest absolute Gasteiger partial charge is 0.326 e. The summed E-state index contributed by atoms with van der Waals surface area (Å²) in [5.41, 5.74) is 3.20. The summed E-state index contributed by atoms with van der Waals surface area (Å²) >= 11 is 6.47. The summed E-state index contributed by atoms with van der Waals surface area (Å²) in [6.45, 7) is 2.26. The molecular weight excluding hydrogens is 474 g/mol. The fourth-order valence-corrected chi connectivity index (χ4v) is 4.41. The van der Waals surface area contributed by atoms with Crippen LogP contribution in [0.25, 0.3) is 0 Å². The molecule has 8 heteroatoms. The summed E-state index contributed by atoms with van der Waals surface area (Å²) in [4.78, 5) is 28.0. The van der Waals surface area contributed by atoms with Gasteiger partial charge in [0.15, 0.2) is 0 Å². The SMILES string of the molecule is Cc1ccccc1NC(=O)CC(=O)N1N=C(N(CCC#N)c2ccccc2Cl)CC1c1ccccc1. The monoisotopic (exact) mass is 499 g/mol. The van der Waals surface area contributed by atoms with Crippen molar-refractivity contribution in [2.75, 3.05) is 16.8 Å². The Morgan fingerprint density at radius 3 is 2.50 bits per heavy atom. The molecule has 3 aromatic carbocycles. The third-order valence-electron chi connectivity index (χ3n) is 5.97. The number of carbonyl (C=O) groups excluding carboxylic acids is 2. The average molecular weight is 500 g/mol. The van der Waals surface area contributed by atoms with Crippen molar-refractivity contribution in [3.8, 4) is 6.07 Å². The van der Waals surface area contributed by atoms with Crippen molar-refractivity contribution in [2.45, 2.75) is 32.2 Å². The van der Waals surface area contributed by atoms with E-state index >= 15 is 0 Å². The molecule has 0 aliphatic carbocycles. The van der Waals surface area contributed by atoms with E-state index in [-0.39, 0.29) is 18.9 Å². The number of nitriles is 1. The number of halogens is 1. The fourth-order valence-electron chi connectivity index (χ4n) is 4.17. The minimum atomic E-state index is -0.413. The zero-order chi connectivity index (χ0) is 25.5. The Hall–Kier alpha value is -4.15. The van der Waals surface area contributed by atoms with Crippen molar-refractivity contribution in [1.82, 2.24) is 5.01 Å². The zero-order valence-electron chi connectivity index (χ0n) is 19.9. The van der Waals surface area contributed by atoms with Crippen LogP contribution in [0.5, 0.6) is 0 Å². The van der Waals surface area contributed by atoms with Gasteiger partial charge in [0.05, 0.1) is 29.2 Å². The molecule has 0 saturated carbocycles. The van der Waals surface area contributed by atoms with Gasteiger partial charge < -0.3 is 10.2 Å². The Kier molecular flexibility index (Phi) is 7.99. The van der Waals surface area contributed by atoms with Crippen LogP contribution in [0.15, 0.2) is 84.0 Å². The molecule has 0 aromatic heterocycles. The van der Waals surface area contributed by atoms with E-state index < -0.39 is 11.8 Å². The van der Waals surface area contributed by atoms with Crippen molar-refractivity contribution in [3.63, 3.8) is 0 Å². The Balaban J connectivity index is 1.62. The first-order valence-electron chi connectivity index (χ1n) is 11.7. The van der Waals surface area contributed by atoms with E-state index in [1.165, 1.54) is 5.01 Å². The summed E-state index contributed by atoms with van der Waals surface area (Å²) in [5, 5.41) is 18.6. The molecule has 182 valence electrons. The van der Waals surface area contributed by atoms with E-state index in [0.717, 1.165) is 11.1 Å². The molecule has 0 saturated heterocycles. The second-order valence-corrected chi connectivity index (χ2v) is 8.84. The van der Waals surface area contributed by atoms with Crippen LogP contribution in [0.3, 0.4) is 0 Å². The van der Waals surface area contributed by atoms with E-state index in [9.17, 15) is 14.9 Å². The van der Waals surface area contributed by atoms with E-state index in [2.05, 4.69) is 16.5 Å². The molecule has 1 heterocycles. The second kappa shape index (κ2) is 11.5. The summed E-state index contributed by atoms with van der Waals surface area (Å²) in [7, 11) is 0. The number of hydrogen-bond acceptors (Lipinski definition) is 5. The molecule has 2 amide bonds. The van der Waals surface area contributed by atoms with Crippen LogP contribution in [-0.2, 0) is 9.59 Å². The van der Waals surface area contributed by atoms with Crippen LogP contribution >= 0.6 is 11.6 Å². The first kappa shape index (κ1) is 25.0. The molecule has 0 radical (unpaired) electrons. The number of amides is 2. The Morgan fingerprint density at radius 1 is 1.08 bits per heavy atom. The van der Waals surface area contributed by atoms with Gasteiger partial charge in [-0.25, -0.2) is 5.01 Å². The number of nitrogens with one attached hydrogen (secondary N) is 1. The highest BCUT2D eigenvalue weighted by Crippen LogP contribution is 2.35. The summed E-state index contributed by atoms with van der Waals surface area (Å²) in [6.07, 6.45) is 0.331. The van der Waals surface area contributed by atoms with Crippen LogP contribution in [0, 0.1) is 18.3 Å². The fraction of sp³-hybridized carbons (Fsp3) is 0.214. The topological polar surface area (TPSA) is 88.8 Å². The van der Waals surface area contributed by atoms with Gasteiger partial charge >= 0.3 is 0 Å². The lowest BCUT2D eigenvalue weighted by Gasteiger charge is -2.24. The molecule has 0 fully saturated rings. The first-order chi connectivity index (χ1) is 17.5. The van der Waals surface area contributed by atoms with Gasteiger partial charge in [0.1, 0.15) is 12.3 Å². The molecule has 0 bridgehead atoms. The number of para-hydroxylation sites is 2. The molecule has 7 nitrogen and oxygen atoms in total. The van der Waals surface area contributed by atoms with Gasteiger partial charge in [-0.2, -0.15) is 10.4 Å². The molecule has 1 atom stereocenters. The molecule has 1 aliphatic heterocycles. The van der Waals surface area contributed by atoms with Crippen molar-refractivity contribution in [3.05, 3.63) is 95.0 Å². The minimum Gasteiger partial charge on any atom is -0.326 e. The van der Waals surface area contributed by atoms with Crippen LogP contribution < -0.4 is 10.2 Å². The number of hydrogen-bond donors (Lipinski definition) is 1. The van der Waals surface area contributed by atoms with Crippen molar-refractivity contribution < 1.29 is 9.59 Å². The highest BCUT2D eigenvalue weighted by atomic mass is 35.5. The van der Waals surface area contributed by atoms with Gasteiger partial charge in [0.25, 0.3) is 5.91 Å². The Bertz CT molecular complexity index is 1320. The summed E-state index contributed by atoms with van der Waals surface area (Å²) in [6, 6.07) is 26.1. The van der Waals surface area contributed by atoms with E-state index in [0.29, 0.717) is 35.2 Å². The lowest BCUT2D eigenvalue weighted by Crippen LogP contribution is -2.31. The molecular formula is C28H26ClN5O2. The van der Waals surface area contributed by atoms with Crippen LogP contribution in [0.4, 0.5) is 11.4 Å². The number of anilines is 2. The van der Waals surface area contributed by atoms with Crippen molar-refractivity contribution >= 4 is 40.6 Å². The maximum atomic E-state index is 13.4. The van der Waals surface area contributed by atoms with E-state index in [4.69, 9.17) is 11.6 Å². The van der Waals surface area contributed by atoms with Crippen molar-refractivity contribution in [2.24, 2.45) is 5.10 Å². The van der Waals surface area contributed by atoms with Crippen LogP contribution in [0.1, 0.15) is 36.4 Å². The zero-order valence-corrected chi connectivity index (χ0v) is 20.7. The molecule has 4 rings (SSSR count). The maximum Gasteiger partial charge on any atom is 0.252 e. The highest BCUT2D eigenvalue weighted by Gasteiger charge is 2.36. The lowest BCUT2D eigenvalue weighted by atomic mass is 10.0. The predicted molar refractivity (Wildman–Crippen MR) is 142 cm³/mol. The lowest BCUT2D eigenvalue weighted by molar-refractivity contribution is -0.136.